The molecular weight excluding hydrogens is 196 g/mol. The zero-order chi connectivity index (χ0) is 9.80. The predicted octanol–water partition coefficient (Wildman–Crippen LogP) is 3.60. The molecule has 1 nitrogen and oxygen atoms in total. The standard InChI is InChI=1S/C12H15ClO/c13-8-11-5-2-6-12(7-11)14-9-10-3-1-4-10/h2,5-7,10H,1,3-4,8-9H2. The summed E-state index contributed by atoms with van der Waals surface area (Å²) in [6.45, 7) is 0.867. The number of ether oxygens (including phenoxy) is 1. The van der Waals surface area contributed by atoms with E-state index in [2.05, 4.69) is 0 Å². The molecule has 0 spiro atoms. The van der Waals surface area contributed by atoms with Crippen LogP contribution in [-0.2, 0) is 5.88 Å². The van der Waals surface area contributed by atoms with Gasteiger partial charge in [-0.1, -0.05) is 18.6 Å². The lowest BCUT2D eigenvalue weighted by Crippen LogP contribution is -2.19. The Kier molecular flexibility index (Phi) is 3.30. The molecule has 0 bridgehead atoms. The third kappa shape index (κ3) is 2.42. The fourth-order valence-electron chi connectivity index (χ4n) is 1.59. The van der Waals surface area contributed by atoms with Crippen molar-refractivity contribution in [1.82, 2.24) is 0 Å². The second-order valence-electron chi connectivity index (χ2n) is 3.89. The Bertz CT molecular complexity index is 294. The van der Waals surface area contributed by atoms with Gasteiger partial charge in [0.1, 0.15) is 5.75 Å². The molecule has 0 atom stereocenters. The Morgan fingerprint density at radius 3 is 2.86 bits per heavy atom. The maximum Gasteiger partial charge on any atom is 0.119 e. The summed E-state index contributed by atoms with van der Waals surface area (Å²) in [6, 6.07) is 8.03. The molecule has 0 aliphatic heterocycles. The summed E-state index contributed by atoms with van der Waals surface area (Å²) in [5.41, 5.74) is 1.12. The molecule has 0 amide bonds. The number of halogens is 1. The van der Waals surface area contributed by atoms with Crippen molar-refractivity contribution in [3.05, 3.63) is 29.8 Å². The summed E-state index contributed by atoms with van der Waals surface area (Å²) < 4.78 is 5.69. The molecule has 0 unspecified atom stereocenters. The molecule has 14 heavy (non-hydrogen) atoms. The Labute approximate surface area is 90.0 Å². The van der Waals surface area contributed by atoms with Crippen molar-refractivity contribution in [1.29, 1.82) is 0 Å². The molecule has 0 N–H and O–H groups in total. The Morgan fingerprint density at radius 1 is 1.36 bits per heavy atom. The fourth-order valence-corrected chi connectivity index (χ4v) is 1.76. The normalized spacial score (nSPS) is 16.4. The Balaban J connectivity index is 1.87. The van der Waals surface area contributed by atoms with Crippen molar-refractivity contribution in [2.45, 2.75) is 25.1 Å². The lowest BCUT2D eigenvalue weighted by Gasteiger charge is -2.25. The highest BCUT2D eigenvalue weighted by Gasteiger charge is 2.17. The summed E-state index contributed by atoms with van der Waals surface area (Å²) in [7, 11) is 0. The maximum atomic E-state index is 5.74. The van der Waals surface area contributed by atoms with Crippen molar-refractivity contribution >= 4 is 11.6 Å². The molecule has 2 heteroatoms. The van der Waals surface area contributed by atoms with Crippen LogP contribution >= 0.6 is 11.6 Å². The number of hydrogen-bond acceptors (Lipinski definition) is 1. The van der Waals surface area contributed by atoms with E-state index in [-0.39, 0.29) is 0 Å². The Morgan fingerprint density at radius 2 is 2.21 bits per heavy atom. The first-order chi connectivity index (χ1) is 6.88. The van der Waals surface area contributed by atoms with Crippen LogP contribution in [0.3, 0.4) is 0 Å². The van der Waals surface area contributed by atoms with Crippen molar-refractivity contribution in [3.8, 4) is 5.75 Å². The first-order valence-corrected chi connectivity index (χ1v) is 5.69. The minimum Gasteiger partial charge on any atom is -0.493 e. The van der Waals surface area contributed by atoms with Gasteiger partial charge in [-0.3, -0.25) is 0 Å². The van der Waals surface area contributed by atoms with Crippen LogP contribution in [0.2, 0.25) is 0 Å². The molecule has 1 aliphatic carbocycles. The maximum absolute atomic E-state index is 5.74. The monoisotopic (exact) mass is 210 g/mol. The molecule has 1 aromatic carbocycles. The van der Waals surface area contributed by atoms with Crippen LogP contribution in [-0.4, -0.2) is 6.61 Å². The highest BCUT2D eigenvalue weighted by atomic mass is 35.5. The summed E-state index contributed by atoms with van der Waals surface area (Å²) in [4.78, 5) is 0. The molecule has 0 heterocycles. The highest BCUT2D eigenvalue weighted by Crippen LogP contribution is 2.27. The van der Waals surface area contributed by atoms with E-state index in [4.69, 9.17) is 16.3 Å². The van der Waals surface area contributed by atoms with Crippen LogP contribution in [0, 0.1) is 5.92 Å². The van der Waals surface area contributed by atoms with Crippen LogP contribution in [0.4, 0.5) is 0 Å². The first kappa shape index (κ1) is 9.85. The van der Waals surface area contributed by atoms with E-state index in [0.29, 0.717) is 5.88 Å². The van der Waals surface area contributed by atoms with E-state index >= 15 is 0 Å². The summed E-state index contributed by atoms with van der Waals surface area (Å²) >= 11 is 5.74. The van der Waals surface area contributed by atoms with Gasteiger partial charge in [0.2, 0.25) is 0 Å². The van der Waals surface area contributed by atoms with Gasteiger partial charge in [0, 0.05) is 5.88 Å². The van der Waals surface area contributed by atoms with E-state index in [0.717, 1.165) is 23.8 Å². The van der Waals surface area contributed by atoms with E-state index in [1.807, 2.05) is 24.3 Å². The zero-order valence-corrected chi connectivity index (χ0v) is 8.96. The van der Waals surface area contributed by atoms with E-state index in [9.17, 15) is 0 Å². The molecular formula is C12H15ClO. The molecule has 1 aliphatic rings. The number of hydrogen-bond donors (Lipinski definition) is 0. The van der Waals surface area contributed by atoms with Gasteiger partial charge in [-0.05, 0) is 36.5 Å². The SMILES string of the molecule is ClCc1cccc(OCC2CCC2)c1. The number of rotatable bonds is 4. The average molecular weight is 211 g/mol. The lowest BCUT2D eigenvalue weighted by atomic mass is 9.86. The summed E-state index contributed by atoms with van der Waals surface area (Å²) in [5.74, 6) is 2.30. The second-order valence-corrected chi connectivity index (χ2v) is 4.16. The van der Waals surface area contributed by atoms with Gasteiger partial charge in [0.05, 0.1) is 6.61 Å². The van der Waals surface area contributed by atoms with Gasteiger partial charge < -0.3 is 4.74 Å². The largest absolute Gasteiger partial charge is 0.493 e. The van der Waals surface area contributed by atoms with E-state index in [1.54, 1.807) is 0 Å². The average Bonchev–Trinajstić information content (AvgIpc) is 2.16. The van der Waals surface area contributed by atoms with Crippen molar-refractivity contribution in [2.24, 2.45) is 5.92 Å². The van der Waals surface area contributed by atoms with Gasteiger partial charge in [-0.15, -0.1) is 11.6 Å². The predicted molar refractivity (Wildman–Crippen MR) is 58.8 cm³/mol. The van der Waals surface area contributed by atoms with Crippen molar-refractivity contribution in [2.75, 3.05) is 6.61 Å². The highest BCUT2D eigenvalue weighted by molar-refractivity contribution is 6.17. The first-order valence-electron chi connectivity index (χ1n) is 5.16. The van der Waals surface area contributed by atoms with Crippen LogP contribution in [0.5, 0.6) is 5.75 Å². The van der Waals surface area contributed by atoms with E-state index in [1.165, 1.54) is 19.3 Å². The number of benzene rings is 1. The van der Waals surface area contributed by atoms with Gasteiger partial charge in [0.25, 0.3) is 0 Å². The van der Waals surface area contributed by atoms with Crippen LogP contribution in [0.25, 0.3) is 0 Å². The molecule has 1 saturated carbocycles. The third-order valence-corrected chi connectivity index (χ3v) is 3.07. The minimum absolute atomic E-state index is 0.556. The zero-order valence-electron chi connectivity index (χ0n) is 8.21. The molecule has 76 valence electrons. The molecule has 1 fully saturated rings. The molecule has 0 aromatic heterocycles. The molecule has 0 radical (unpaired) electrons. The lowest BCUT2D eigenvalue weighted by molar-refractivity contribution is 0.180. The quantitative estimate of drug-likeness (QED) is 0.690. The van der Waals surface area contributed by atoms with Crippen LogP contribution in [0.15, 0.2) is 24.3 Å². The summed E-state index contributed by atoms with van der Waals surface area (Å²) in [6.07, 6.45) is 4.03. The van der Waals surface area contributed by atoms with Gasteiger partial charge >= 0.3 is 0 Å². The smallest absolute Gasteiger partial charge is 0.119 e. The van der Waals surface area contributed by atoms with Crippen molar-refractivity contribution in [3.63, 3.8) is 0 Å². The second kappa shape index (κ2) is 4.70. The molecule has 2 rings (SSSR count). The Hall–Kier alpha value is -0.690. The fraction of sp³-hybridized carbons (Fsp3) is 0.500. The molecule has 1 aromatic rings. The van der Waals surface area contributed by atoms with Gasteiger partial charge in [-0.2, -0.15) is 0 Å². The van der Waals surface area contributed by atoms with Crippen LogP contribution in [0.1, 0.15) is 24.8 Å². The van der Waals surface area contributed by atoms with Crippen molar-refractivity contribution < 1.29 is 4.74 Å². The minimum atomic E-state index is 0.556. The number of alkyl halides is 1. The van der Waals surface area contributed by atoms with Gasteiger partial charge in [0.15, 0.2) is 0 Å². The molecule has 0 saturated heterocycles. The summed E-state index contributed by atoms with van der Waals surface area (Å²) in [5, 5.41) is 0. The van der Waals surface area contributed by atoms with E-state index < -0.39 is 0 Å². The van der Waals surface area contributed by atoms with Crippen LogP contribution < -0.4 is 4.74 Å². The topological polar surface area (TPSA) is 9.23 Å². The third-order valence-electron chi connectivity index (χ3n) is 2.76. The van der Waals surface area contributed by atoms with Gasteiger partial charge in [-0.25, -0.2) is 0 Å².